The first-order valence-electron chi connectivity index (χ1n) is 9.58. The van der Waals surface area contributed by atoms with Crippen molar-refractivity contribution in [3.63, 3.8) is 0 Å². The molecule has 0 spiro atoms. The largest absolute Gasteiger partial charge is 0.339 e. The Morgan fingerprint density at radius 1 is 0.852 bits per heavy atom. The lowest BCUT2D eigenvalue weighted by Gasteiger charge is -2.35. The first-order chi connectivity index (χ1) is 12.8. The maximum atomic E-state index is 12.4. The summed E-state index contributed by atoms with van der Waals surface area (Å²) in [4.78, 5) is 42.5. The molecule has 6 nitrogen and oxygen atoms in total. The summed E-state index contributed by atoms with van der Waals surface area (Å²) < 4.78 is 0. The molecule has 2 amide bonds. The normalized spacial score (nSPS) is 14.6. The average Bonchev–Trinajstić information content (AvgIpc) is 2.66. The Labute approximate surface area is 162 Å². The molecule has 0 N–H and O–H groups in total. The van der Waals surface area contributed by atoms with Gasteiger partial charge in [-0.3, -0.25) is 14.4 Å². The van der Waals surface area contributed by atoms with Crippen LogP contribution in [0.1, 0.15) is 40.7 Å². The molecule has 0 bridgehead atoms. The number of benzene rings is 1. The number of nitrogens with zero attached hydrogens (tertiary/aromatic N) is 3. The highest BCUT2D eigenvalue weighted by Crippen LogP contribution is 2.14. The van der Waals surface area contributed by atoms with Gasteiger partial charge in [-0.1, -0.05) is 12.1 Å². The molecule has 2 rings (SSSR count). The number of ketones is 1. The molecule has 1 fully saturated rings. The van der Waals surface area contributed by atoms with Crippen LogP contribution in [-0.2, 0) is 9.59 Å². The third-order valence-electron chi connectivity index (χ3n) is 5.15. The van der Waals surface area contributed by atoms with Crippen LogP contribution >= 0.6 is 0 Å². The quantitative estimate of drug-likeness (QED) is 0.685. The molecule has 6 heteroatoms. The van der Waals surface area contributed by atoms with Crippen molar-refractivity contribution in [2.45, 2.75) is 33.1 Å². The van der Waals surface area contributed by atoms with Crippen LogP contribution < -0.4 is 0 Å². The topological polar surface area (TPSA) is 60.9 Å². The van der Waals surface area contributed by atoms with Gasteiger partial charge in [0.15, 0.2) is 5.78 Å². The van der Waals surface area contributed by atoms with Crippen LogP contribution in [0.3, 0.4) is 0 Å². The predicted molar refractivity (Wildman–Crippen MR) is 106 cm³/mol. The Hall–Kier alpha value is -2.21. The molecule has 0 aromatic heterocycles. The first-order valence-corrected chi connectivity index (χ1v) is 9.58. The van der Waals surface area contributed by atoms with Crippen molar-refractivity contribution in [1.82, 2.24) is 14.7 Å². The van der Waals surface area contributed by atoms with Gasteiger partial charge in [-0.15, -0.1) is 0 Å². The Morgan fingerprint density at radius 2 is 1.41 bits per heavy atom. The molecule has 27 heavy (non-hydrogen) atoms. The lowest BCUT2D eigenvalue weighted by molar-refractivity contribution is -0.139. The van der Waals surface area contributed by atoms with E-state index < -0.39 is 0 Å². The van der Waals surface area contributed by atoms with Gasteiger partial charge in [-0.2, -0.15) is 0 Å². The van der Waals surface area contributed by atoms with Crippen molar-refractivity contribution in [1.29, 1.82) is 0 Å². The minimum Gasteiger partial charge on any atom is -0.339 e. The average molecular weight is 373 g/mol. The van der Waals surface area contributed by atoms with Gasteiger partial charge < -0.3 is 14.7 Å². The molecular formula is C21H31N3O3. The van der Waals surface area contributed by atoms with E-state index in [1.807, 2.05) is 55.9 Å². The van der Waals surface area contributed by atoms with Crippen LogP contribution in [0.5, 0.6) is 0 Å². The SMILES string of the molecule is Cc1ccc(C(=O)CCC(=O)N2CCN(C(=O)CCN(C)C)CC2)cc1C. The molecule has 148 valence electrons. The van der Waals surface area contributed by atoms with Crippen LogP contribution in [0.2, 0.25) is 0 Å². The van der Waals surface area contributed by atoms with Gasteiger partial charge in [0.1, 0.15) is 0 Å². The number of hydrogen-bond donors (Lipinski definition) is 0. The van der Waals surface area contributed by atoms with Gasteiger partial charge in [-0.05, 0) is 45.1 Å². The molecule has 0 unspecified atom stereocenters. The fourth-order valence-corrected chi connectivity index (χ4v) is 3.12. The Morgan fingerprint density at radius 3 is 1.93 bits per heavy atom. The molecule has 1 aromatic rings. The predicted octanol–water partition coefficient (Wildman–Crippen LogP) is 1.89. The molecule has 1 saturated heterocycles. The molecule has 1 aromatic carbocycles. The third kappa shape index (κ3) is 6.17. The first kappa shape index (κ1) is 21.1. The van der Waals surface area contributed by atoms with Crippen molar-refractivity contribution in [3.8, 4) is 0 Å². The molecule has 0 radical (unpaired) electrons. The molecule has 1 aliphatic heterocycles. The summed E-state index contributed by atoms with van der Waals surface area (Å²) in [5, 5.41) is 0. The van der Waals surface area contributed by atoms with Gasteiger partial charge in [0.05, 0.1) is 0 Å². The van der Waals surface area contributed by atoms with Gasteiger partial charge in [0.25, 0.3) is 0 Å². The minimum absolute atomic E-state index is 0.00366. The lowest BCUT2D eigenvalue weighted by atomic mass is 10.0. The van der Waals surface area contributed by atoms with E-state index >= 15 is 0 Å². The summed E-state index contributed by atoms with van der Waals surface area (Å²) in [5.74, 6) is 0.136. The highest BCUT2D eigenvalue weighted by Gasteiger charge is 2.24. The van der Waals surface area contributed by atoms with E-state index in [0.717, 1.165) is 17.7 Å². The van der Waals surface area contributed by atoms with Gasteiger partial charge in [-0.25, -0.2) is 0 Å². The monoisotopic (exact) mass is 373 g/mol. The van der Waals surface area contributed by atoms with Crippen molar-refractivity contribution >= 4 is 17.6 Å². The zero-order valence-corrected chi connectivity index (χ0v) is 17.0. The van der Waals surface area contributed by atoms with E-state index in [0.29, 0.717) is 38.2 Å². The molecule has 0 atom stereocenters. The number of hydrogen-bond acceptors (Lipinski definition) is 4. The number of rotatable bonds is 7. The summed E-state index contributed by atoms with van der Waals surface area (Å²) in [6.07, 6.45) is 0.953. The second-order valence-corrected chi connectivity index (χ2v) is 7.54. The number of carbonyl (C=O) groups excluding carboxylic acids is 3. The van der Waals surface area contributed by atoms with Crippen molar-refractivity contribution < 1.29 is 14.4 Å². The Kier molecular flexibility index (Phi) is 7.54. The maximum Gasteiger partial charge on any atom is 0.223 e. The molecule has 0 saturated carbocycles. The van der Waals surface area contributed by atoms with Crippen LogP contribution in [0.15, 0.2) is 18.2 Å². The minimum atomic E-state index is -0.00688. The van der Waals surface area contributed by atoms with Gasteiger partial charge >= 0.3 is 0 Å². The van der Waals surface area contributed by atoms with E-state index in [4.69, 9.17) is 0 Å². The fourth-order valence-electron chi connectivity index (χ4n) is 3.12. The number of aryl methyl sites for hydroxylation is 2. The third-order valence-corrected chi connectivity index (χ3v) is 5.15. The smallest absolute Gasteiger partial charge is 0.223 e. The summed E-state index contributed by atoms with van der Waals surface area (Å²) in [7, 11) is 3.90. The maximum absolute atomic E-state index is 12.4. The van der Waals surface area contributed by atoms with Crippen molar-refractivity contribution in [3.05, 3.63) is 34.9 Å². The van der Waals surface area contributed by atoms with E-state index in [1.54, 1.807) is 4.90 Å². The highest BCUT2D eigenvalue weighted by molar-refractivity contribution is 5.98. The number of piperazine rings is 1. The molecule has 0 aliphatic carbocycles. The zero-order chi connectivity index (χ0) is 20.0. The summed E-state index contributed by atoms with van der Waals surface area (Å²) in [6.45, 7) is 6.97. The highest BCUT2D eigenvalue weighted by atomic mass is 16.2. The van der Waals surface area contributed by atoms with Gasteiger partial charge in [0, 0.05) is 57.5 Å². The van der Waals surface area contributed by atoms with Crippen LogP contribution in [0, 0.1) is 13.8 Å². The second kappa shape index (κ2) is 9.65. The van der Waals surface area contributed by atoms with E-state index in [9.17, 15) is 14.4 Å². The van der Waals surface area contributed by atoms with Crippen molar-refractivity contribution in [2.75, 3.05) is 46.8 Å². The van der Waals surface area contributed by atoms with Crippen LogP contribution in [0.25, 0.3) is 0 Å². The van der Waals surface area contributed by atoms with Gasteiger partial charge in [0.2, 0.25) is 11.8 Å². The molecular weight excluding hydrogens is 342 g/mol. The Bertz CT molecular complexity index is 692. The van der Waals surface area contributed by atoms with Crippen molar-refractivity contribution in [2.24, 2.45) is 0 Å². The standard InChI is InChI=1S/C21H31N3O3/c1-16-5-6-18(15-17(16)2)19(25)7-8-20(26)23-11-13-24(14-12-23)21(27)9-10-22(3)4/h5-6,15H,7-14H2,1-4H3. The number of carbonyl (C=O) groups is 3. The summed E-state index contributed by atoms with van der Waals surface area (Å²) in [6, 6.07) is 5.66. The Balaban J connectivity index is 1.76. The number of amides is 2. The van der Waals surface area contributed by atoms with E-state index in [-0.39, 0.29) is 30.4 Å². The summed E-state index contributed by atoms with van der Waals surface area (Å²) >= 11 is 0. The van der Waals surface area contributed by atoms with Crippen LogP contribution in [-0.4, -0.2) is 79.1 Å². The zero-order valence-electron chi connectivity index (χ0n) is 17.0. The number of Topliss-reactive ketones (excluding diaryl/α,β-unsaturated/α-hetero) is 1. The second-order valence-electron chi connectivity index (χ2n) is 7.54. The summed E-state index contributed by atoms with van der Waals surface area (Å²) in [5.41, 5.74) is 2.91. The fraction of sp³-hybridized carbons (Fsp3) is 0.571. The van der Waals surface area contributed by atoms with E-state index in [2.05, 4.69) is 0 Å². The lowest BCUT2D eigenvalue weighted by Crippen LogP contribution is -2.50. The van der Waals surface area contributed by atoms with Crippen LogP contribution in [0.4, 0.5) is 0 Å². The molecule has 1 aliphatic rings. The van der Waals surface area contributed by atoms with E-state index in [1.165, 1.54) is 0 Å². The molecule has 1 heterocycles.